The van der Waals surface area contributed by atoms with Crippen molar-refractivity contribution in [3.63, 3.8) is 0 Å². The second-order valence-corrected chi connectivity index (χ2v) is 7.64. The fourth-order valence-corrected chi connectivity index (χ4v) is 3.55. The molecule has 0 bridgehead atoms. The van der Waals surface area contributed by atoms with E-state index in [1.807, 2.05) is 31.3 Å². The lowest BCUT2D eigenvalue weighted by molar-refractivity contribution is -0.116. The molecule has 1 amide bonds. The molecule has 0 unspecified atom stereocenters. The Labute approximate surface area is 183 Å². The summed E-state index contributed by atoms with van der Waals surface area (Å²) in [6.45, 7) is 4.80. The molecule has 2 aromatic carbocycles. The number of amides is 1. The van der Waals surface area contributed by atoms with Gasteiger partial charge in [0.25, 0.3) is 0 Å². The topological polar surface area (TPSA) is 50.8 Å². The number of hydrogen-bond donors (Lipinski definition) is 1. The highest BCUT2D eigenvalue weighted by atomic mass is 79.9. The first-order chi connectivity index (χ1) is 13.4. The highest BCUT2D eigenvalue weighted by molar-refractivity contribution is 8.93. The average molecular weight is 461 g/mol. The molecule has 0 fully saturated rings. The fraction of sp³-hybridized carbons (Fsp3) is 0.348. The molecule has 156 valence electrons. The van der Waals surface area contributed by atoms with Crippen molar-refractivity contribution < 1.29 is 14.3 Å². The number of benzene rings is 2. The van der Waals surface area contributed by atoms with Crippen molar-refractivity contribution in [2.45, 2.75) is 32.4 Å². The summed E-state index contributed by atoms with van der Waals surface area (Å²) in [6.07, 6.45) is 2.64. The highest BCUT2D eigenvalue weighted by Crippen LogP contribution is 2.36. The number of ether oxygens (including phenoxy) is 2. The smallest absolute Gasteiger partial charge is 0.246 e. The summed E-state index contributed by atoms with van der Waals surface area (Å²) in [4.78, 5) is 14.8. The largest absolute Gasteiger partial charge is 0.493 e. The molecule has 0 spiro atoms. The first-order valence-electron chi connectivity index (χ1n) is 9.38. The third-order valence-electron chi connectivity index (χ3n) is 5.37. The van der Waals surface area contributed by atoms with E-state index in [2.05, 4.69) is 42.3 Å². The predicted molar refractivity (Wildman–Crippen MR) is 122 cm³/mol. The van der Waals surface area contributed by atoms with Crippen LogP contribution in [0.15, 0.2) is 48.5 Å². The molecule has 0 saturated carbocycles. The summed E-state index contributed by atoms with van der Waals surface area (Å²) < 4.78 is 10.6. The molecule has 29 heavy (non-hydrogen) atoms. The Bertz CT molecular complexity index is 909. The van der Waals surface area contributed by atoms with E-state index in [-0.39, 0.29) is 28.4 Å². The van der Waals surface area contributed by atoms with E-state index in [4.69, 9.17) is 9.47 Å². The van der Waals surface area contributed by atoms with Gasteiger partial charge in [0.15, 0.2) is 11.5 Å². The van der Waals surface area contributed by atoms with Crippen molar-refractivity contribution in [1.29, 1.82) is 0 Å². The Morgan fingerprint density at radius 1 is 1.14 bits per heavy atom. The number of halogens is 1. The second kappa shape index (κ2) is 9.35. The number of nitrogens with one attached hydrogen (secondary N) is 1. The maximum absolute atomic E-state index is 12.7. The molecule has 3 rings (SSSR count). The van der Waals surface area contributed by atoms with Gasteiger partial charge in [-0.1, -0.05) is 30.3 Å². The molecular formula is C23H29BrN2O3. The SMILES string of the molecule is Br.COc1ccc(CNC(=O)C=C2c3ccccc3CC(C)(C)N2C)cc1OC. The summed E-state index contributed by atoms with van der Waals surface area (Å²) >= 11 is 0. The van der Waals surface area contributed by atoms with Crippen LogP contribution in [0.4, 0.5) is 0 Å². The first-order valence-corrected chi connectivity index (χ1v) is 9.38. The number of hydrogen-bond acceptors (Lipinski definition) is 4. The van der Waals surface area contributed by atoms with E-state index < -0.39 is 0 Å². The molecule has 1 N–H and O–H groups in total. The Morgan fingerprint density at radius 3 is 2.52 bits per heavy atom. The van der Waals surface area contributed by atoms with Crippen LogP contribution in [0.2, 0.25) is 0 Å². The van der Waals surface area contributed by atoms with Gasteiger partial charge < -0.3 is 19.7 Å². The lowest BCUT2D eigenvalue weighted by Gasteiger charge is -2.44. The summed E-state index contributed by atoms with van der Waals surface area (Å²) in [7, 11) is 5.25. The summed E-state index contributed by atoms with van der Waals surface area (Å²) in [5.74, 6) is 1.20. The minimum Gasteiger partial charge on any atom is -0.493 e. The van der Waals surface area contributed by atoms with Crippen LogP contribution in [0.25, 0.3) is 5.70 Å². The zero-order chi connectivity index (χ0) is 20.3. The van der Waals surface area contributed by atoms with Crippen LogP contribution in [0.1, 0.15) is 30.5 Å². The molecule has 0 radical (unpaired) electrons. The van der Waals surface area contributed by atoms with Gasteiger partial charge in [-0.05, 0) is 43.5 Å². The van der Waals surface area contributed by atoms with Gasteiger partial charge in [0.2, 0.25) is 5.91 Å². The van der Waals surface area contributed by atoms with Crippen molar-refractivity contribution in [2.75, 3.05) is 21.3 Å². The van der Waals surface area contributed by atoms with Crippen molar-refractivity contribution in [1.82, 2.24) is 10.2 Å². The minimum atomic E-state index is -0.121. The Kier molecular flexibility index (Phi) is 7.36. The van der Waals surface area contributed by atoms with Gasteiger partial charge in [-0.2, -0.15) is 0 Å². The van der Waals surface area contributed by atoms with Crippen LogP contribution >= 0.6 is 17.0 Å². The number of fused-ring (bicyclic) bond motifs is 1. The molecular weight excluding hydrogens is 432 g/mol. The van der Waals surface area contributed by atoms with Crippen LogP contribution in [0.3, 0.4) is 0 Å². The van der Waals surface area contributed by atoms with Gasteiger partial charge in [-0.25, -0.2) is 0 Å². The minimum absolute atomic E-state index is 0. The summed E-state index contributed by atoms with van der Waals surface area (Å²) in [5, 5.41) is 2.98. The second-order valence-electron chi connectivity index (χ2n) is 7.64. The predicted octanol–water partition coefficient (Wildman–Crippen LogP) is 4.21. The molecule has 6 heteroatoms. The number of likely N-dealkylation sites (N-methyl/N-ethyl adjacent to an activating group) is 1. The standard InChI is InChI=1S/C23H28N2O3.BrH/c1-23(2)14-17-8-6-7-9-18(17)19(25(23)3)13-22(26)24-15-16-10-11-20(27-4)21(12-16)28-5;/h6-13H,14-15H2,1-5H3,(H,24,26);1H. The molecule has 0 atom stereocenters. The van der Waals surface area contributed by atoms with E-state index in [1.54, 1.807) is 20.3 Å². The van der Waals surface area contributed by atoms with Crippen LogP contribution in [-0.2, 0) is 17.8 Å². The summed E-state index contributed by atoms with van der Waals surface area (Å²) in [5.41, 5.74) is 4.22. The molecule has 0 aliphatic carbocycles. The average Bonchev–Trinajstić information content (AvgIpc) is 2.69. The maximum atomic E-state index is 12.7. The fourth-order valence-electron chi connectivity index (χ4n) is 3.55. The third-order valence-corrected chi connectivity index (χ3v) is 5.37. The van der Waals surface area contributed by atoms with Gasteiger partial charge in [-0.3, -0.25) is 4.79 Å². The Morgan fingerprint density at radius 2 is 1.83 bits per heavy atom. The Balaban J connectivity index is 0.00000300. The van der Waals surface area contributed by atoms with Gasteiger partial charge >= 0.3 is 0 Å². The lowest BCUT2D eigenvalue weighted by atomic mass is 9.84. The molecule has 1 heterocycles. The molecule has 2 aromatic rings. The van der Waals surface area contributed by atoms with E-state index in [9.17, 15) is 4.79 Å². The van der Waals surface area contributed by atoms with Crippen molar-refractivity contribution in [3.05, 3.63) is 65.2 Å². The van der Waals surface area contributed by atoms with E-state index in [0.29, 0.717) is 18.0 Å². The van der Waals surface area contributed by atoms with Gasteiger partial charge in [0.1, 0.15) is 0 Å². The third kappa shape index (κ3) is 4.93. The van der Waals surface area contributed by atoms with Crippen LogP contribution in [0, 0.1) is 0 Å². The monoisotopic (exact) mass is 460 g/mol. The number of methoxy groups -OCH3 is 2. The van der Waals surface area contributed by atoms with Gasteiger partial charge in [0, 0.05) is 36.5 Å². The lowest BCUT2D eigenvalue weighted by Crippen LogP contribution is -2.45. The zero-order valence-electron chi connectivity index (χ0n) is 17.6. The number of carbonyl (C=O) groups excluding carboxylic acids is 1. The van der Waals surface area contributed by atoms with Gasteiger partial charge in [0.05, 0.1) is 14.2 Å². The van der Waals surface area contributed by atoms with Gasteiger partial charge in [-0.15, -0.1) is 17.0 Å². The van der Waals surface area contributed by atoms with Crippen LogP contribution in [-0.4, -0.2) is 37.6 Å². The van der Waals surface area contributed by atoms with E-state index >= 15 is 0 Å². The number of rotatable bonds is 5. The molecule has 1 aliphatic rings. The maximum Gasteiger partial charge on any atom is 0.246 e. The van der Waals surface area contributed by atoms with E-state index in [0.717, 1.165) is 23.2 Å². The highest BCUT2D eigenvalue weighted by Gasteiger charge is 2.33. The van der Waals surface area contributed by atoms with Crippen molar-refractivity contribution in [3.8, 4) is 11.5 Å². The number of carbonyl (C=O) groups is 1. The molecule has 5 nitrogen and oxygen atoms in total. The summed E-state index contributed by atoms with van der Waals surface area (Å²) in [6, 6.07) is 13.9. The van der Waals surface area contributed by atoms with Crippen molar-refractivity contribution in [2.24, 2.45) is 0 Å². The van der Waals surface area contributed by atoms with Crippen LogP contribution in [0.5, 0.6) is 11.5 Å². The first kappa shape index (κ1) is 22.8. The molecule has 1 aliphatic heterocycles. The zero-order valence-corrected chi connectivity index (χ0v) is 19.3. The Hall–Kier alpha value is -2.47. The number of nitrogens with zero attached hydrogens (tertiary/aromatic N) is 1. The van der Waals surface area contributed by atoms with Crippen LogP contribution < -0.4 is 14.8 Å². The van der Waals surface area contributed by atoms with Crippen molar-refractivity contribution >= 4 is 28.6 Å². The normalized spacial score (nSPS) is 15.9. The molecule has 0 aromatic heterocycles. The quantitative estimate of drug-likeness (QED) is 0.679. The van der Waals surface area contributed by atoms with E-state index in [1.165, 1.54) is 5.56 Å². The molecule has 0 saturated heterocycles.